The van der Waals surface area contributed by atoms with Gasteiger partial charge in [-0.2, -0.15) is 0 Å². The predicted octanol–water partition coefficient (Wildman–Crippen LogP) is 1.82. The molecule has 0 spiro atoms. The van der Waals surface area contributed by atoms with E-state index in [1.54, 1.807) is 4.90 Å². The van der Waals surface area contributed by atoms with E-state index in [-0.39, 0.29) is 25.2 Å². The number of carboxylic acid groups (broad SMARTS) is 1. The smallest absolute Gasteiger partial charge is 0.317 e. The van der Waals surface area contributed by atoms with Gasteiger partial charge in [-0.1, -0.05) is 13.8 Å². The molecular weight excluding hydrogens is 272 g/mol. The number of carbonyl (C=O) groups is 2. The highest BCUT2D eigenvalue weighted by Crippen LogP contribution is 2.26. The van der Waals surface area contributed by atoms with Crippen molar-refractivity contribution in [3.63, 3.8) is 0 Å². The average Bonchev–Trinajstić information content (AvgIpc) is 2.49. The Morgan fingerprint density at radius 1 is 1.29 bits per heavy atom. The Bertz CT molecular complexity index is 354. The van der Waals surface area contributed by atoms with E-state index in [0.29, 0.717) is 25.8 Å². The number of nitrogens with zero attached hydrogens (tertiary/aromatic N) is 1. The van der Waals surface area contributed by atoms with Gasteiger partial charge in [-0.3, -0.25) is 4.79 Å². The molecule has 0 aromatic rings. The number of hydrogen-bond acceptors (Lipinski definition) is 3. The number of amides is 2. The molecule has 1 fully saturated rings. The van der Waals surface area contributed by atoms with Gasteiger partial charge in [-0.05, 0) is 38.5 Å². The highest BCUT2D eigenvalue weighted by Gasteiger charge is 2.36. The van der Waals surface area contributed by atoms with E-state index in [0.717, 1.165) is 19.3 Å². The van der Waals surface area contributed by atoms with Crippen molar-refractivity contribution in [1.29, 1.82) is 0 Å². The summed E-state index contributed by atoms with van der Waals surface area (Å²) in [6, 6.07) is -0.146. The van der Waals surface area contributed by atoms with Gasteiger partial charge in [0, 0.05) is 25.7 Å². The molecule has 1 aliphatic heterocycles. The van der Waals surface area contributed by atoms with Gasteiger partial charge in [0.15, 0.2) is 0 Å². The highest BCUT2D eigenvalue weighted by atomic mass is 16.4. The summed E-state index contributed by atoms with van der Waals surface area (Å²) in [5, 5.41) is 21.3. The zero-order valence-corrected chi connectivity index (χ0v) is 13.1. The number of aliphatic hydroxyl groups excluding tert-OH is 1. The lowest BCUT2D eigenvalue weighted by Crippen LogP contribution is -2.52. The number of aliphatic hydroxyl groups is 1. The number of urea groups is 1. The maximum absolute atomic E-state index is 12.3. The molecular formula is C15H28N2O4. The van der Waals surface area contributed by atoms with Crippen molar-refractivity contribution in [3.05, 3.63) is 0 Å². The first-order valence-electron chi connectivity index (χ1n) is 7.89. The van der Waals surface area contributed by atoms with Crippen LogP contribution in [-0.2, 0) is 4.79 Å². The van der Waals surface area contributed by atoms with E-state index >= 15 is 0 Å². The Morgan fingerprint density at radius 3 is 2.48 bits per heavy atom. The molecule has 3 N–H and O–H groups in total. The number of nitrogens with one attached hydrogen (secondary N) is 1. The van der Waals surface area contributed by atoms with Crippen molar-refractivity contribution in [2.45, 2.75) is 58.4 Å². The Labute approximate surface area is 126 Å². The Balaban J connectivity index is 2.64. The molecule has 1 saturated heterocycles. The summed E-state index contributed by atoms with van der Waals surface area (Å²) in [5.41, 5.74) is -0.891. The molecule has 0 aromatic heterocycles. The first-order valence-corrected chi connectivity index (χ1v) is 7.89. The molecule has 6 nitrogen and oxygen atoms in total. The third-order valence-corrected chi connectivity index (χ3v) is 4.74. The van der Waals surface area contributed by atoms with E-state index in [1.165, 1.54) is 0 Å². The normalized spacial score (nSPS) is 19.4. The van der Waals surface area contributed by atoms with E-state index < -0.39 is 11.4 Å². The first-order chi connectivity index (χ1) is 10.0. The van der Waals surface area contributed by atoms with Gasteiger partial charge in [0.05, 0.1) is 5.41 Å². The van der Waals surface area contributed by atoms with Crippen LogP contribution in [0.5, 0.6) is 0 Å². The number of carbonyl (C=O) groups excluding carboxylic acids is 1. The van der Waals surface area contributed by atoms with Gasteiger partial charge < -0.3 is 20.4 Å². The molecule has 0 aliphatic carbocycles. The molecule has 1 atom stereocenters. The van der Waals surface area contributed by atoms with Crippen LogP contribution in [0.2, 0.25) is 0 Å². The van der Waals surface area contributed by atoms with E-state index in [9.17, 15) is 14.7 Å². The molecule has 0 radical (unpaired) electrons. The fraction of sp³-hybridized carbons (Fsp3) is 0.867. The summed E-state index contributed by atoms with van der Waals surface area (Å²) in [4.78, 5) is 25.5. The number of carboxylic acids is 1. The Morgan fingerprint density at radius 2 is 1.95 bits per heavy atom. The second-order valence-corrected chi connectivity index (χ2v) is 5.81. The lowest BCUT2D eigenvalue weighted by Gasteiger charge is -2.36. The third-order valence-electron chi connectivity index (χ3n) is 4.74. The zero-order chi connectivity index (χ0) is 15.9. The lowest BCUT2D eigenvalue weighted by molar-refractivity contribution is -0.149. The summed E-state index contributed by atoms with van der Waals surface area (Å²) in [7, 11) is 0. The number of rotatable bonds is 7. The van der Waals surface area contributed by atoms with Crippen molar-refractivity contribution in [3.8, 4) is 0 Å². The SMILES string of the molecule is CCC(CC)(CNC(=O)N1CCCCC1CCO)C(=O)O. The maximum Gasteiger partial charge on any atom is 0.317 e. The van der Waals surface area contributed by atoms with Gasteiger partial charge in [-0.15, -0.1) is 0 Å². The van der Waals surface area contributed by atoms with E-state index in [4.69, 9.17) is 5.11 Å². The highest BCUT2D eigenvalue weighted by molar-refractivity contribution is 5.78. The molecule has 1 aliphatic rings. The van der Waals surface area contributed by atoms with Crippen LogP contribution >= 0.6 is 0 Å². The number of aliphatic carboxylic acids is 1. The molecule has 1 rings (SSSR count). The molecule has 1 heterocycles. The lowest BCUT2D eigenvalue weighted by atomic mass is 9.82. The van der Waals surface area contributed by atoms with Crippen molar-refractivity contribution in [1.82, 2.24) is 10.2 Å². The number of piperidine rings is 1. The molecule has 21 heavy (non-hydrogen) atoms. The van der Waals surface area contributed by atoms with Crippen LogP contribution in [0.25, 0.3) is 0 Å². The van der Waals surface area contributed by atoms with Gasteiger partial charge in [-0.25, -0.2) is 4.79 Å². The van der Waals surface area contributed by atoms with Crippen LogP contribution in [0.15, 0.2) is 0 Å². The standard InChI is InChI=1S/C15H28N2O4/c1-3-15(4-2,13(19)20)11-16-14(21)17-9-6-5-7-12(17)8-10-18/h12,18H,3-11H2,1-2H3,(H,16,21)(H,19,20). The second-order valence-electron chi connectivity index (χ2n) is 5.81. The van der Waals surface area contributed by atoms with Crippen LogP contribution in [0.3, 0.4) is 0 Å². The predicted molar refractivity (Wildman–Crippen MR) is 80.1 cm³/mol. The van der Waals surface area contributed by atoms with Crippen LogP contribution in [-0.4, -0.2) is 52.9 Å². The van der Waals surface area contributed by atoms with Crippen LogP contribution in [0, 0.1) is 5.41 Å². The van der Waals surface area contributed by atoms with E-state index in [1.807, 2.05) is 13.8 Å². The topological polar surface area (TPSA) is 89.9 Å². The minimum absolute atomic E-state index is 0.0613. The fourth-order valence-electron chi connectivity index (χ4n) is 2.94. The summed E-state index contributed by atoms with van der Waals surface area (Å²) in [6.07, 6.45) is 4.48. The van der Waals surface area contributed by atoms with Gasteiger partial charge >= 0.3 is 12.0 Å². The zero-order valence-electron chi connectivity index (χ0n) is 13.1. The minimum atomic E-state index is -0.891. The fourth-order valence-corrected chi connectivity index (χ4v) is 2.94. The first kappa shape index (κ1) is 17.8. The monoisotopic (exact) mass is 300 g/mol. The molecule has 6 heteroatoms. The molecule has 0 bridgehead atoms. The second kappa shape index (κ2) is 8.22. The number of hydrogen-bond donors (Lipinski definition) is 3. The molecule has 0 saturated carbocycles. The maximum atomic E-state index is 12.3. The Hall–Kier alpha value is -1.30. The summed E-state index contributed by atoms with van der Waals surface area (Å²) >= 11 is 0. The van der Waals surface area contributed by atoms with Crippen molar-refractivity contribution in [2.24, 2.45) is 5.41 Å². The quantitative estimate of drug-likeness (QED) is 0.669. The van der Waals surface area contributed by atoms with Crippen LogP contribution in [0.1, 0.15) is 52.4 Å². The van der Waals surface area contributed by atoms with E-state index in [2.05, 4.69) is 5.32 Å². The largest absolute Gasteiger partial charge is 0.481 e. The summed E-state index contributed by atoms with van der Waals surface area (Å²) < 4.78 is 0. The van der Waals surface area contributed by atoms with Gasteiger partial charge in [0.1, 0.15) is 0 Å². The molecule has 2 amide bonds. The number of likely N-dealkylation sites (tertiary alicyclic amines) is 1. The summed E-state index contributed by atoms with van der Waals surface area (Å²) in [5.74, 6) is -0.863. The third kappa shape index (κ3) is 4.33. The van der Waals surface area contributed by atoms with Crippen molar-refractivity contribution < 1.29 is 19.8 Å². The van der Waals surface area contributed by atoms with Crippen molar-refractivity contribution >= 4 is 12.0 Å². The van der Waals surface area contributed by atoms with Gasteiger partial charge in [0.25, 0.3) is 0 Å². The molecule has 122 valence electrons. The van der Waals surface area contributed by atoms with Crippen LogP contribution < -0.4 is 5.32 Å². The molecule has 1 unspecified atom stereocenters. The Kier molecular flexibility index (Phi) is 6.95. The van der Waals surface area contributed by atoms with Crippen molar-refractivity contribution in [2.75, 3.05) is 19.7 Å². The minimum Gasteiger partial charge on any atom is -0.481 e. The summed E-state index contributed by atoms with van der Waals surface area (Å²) in [6.45, 7) is 4.56. The van der Waals surface area contributed by atoms with Gasteiger partial charge in [0.2, 0.25) is 0 Å². The molecule has 0 aromatic carbocycles. The average molecular weight is 300 g/mol. The van der Waals surface area contributed by atoms with Crippen LogP contribution in [0.4, 0.5) is 4.79 Å².